The van der Waals surface area contributed by atoms with E-state index in [0.29, 0.717) is 13.0 Å². The van der Waals surface area contributed by atoms with Gasteiger partial charge in [-0.2, -0.15) is 0 Å². The molecule has 0 aliphatic carbocycles. The third-order valence-electron chi connectivity index (χ3n) is 6.55. The molecule has 1 atom stereocenters. The zero-order chi connectivity index (χ0) is 25.1. The minimum absolute atomic E-state index is 0.0279. The highest BCUT2D eigenvalue weighted by Crippen LogP contribution is 2.30. The predicted molar refractivity (Wildman–Crippen MR) is 140 cm³/mol. The van der Waals surface area contributed by atoms with Gasteiger partial charge in [-0.3, -0.25) is 4.79 Å². The second-order valence-electron chi connectivity index (χ2n) is 9.30. The molecule has 0 radical (unpaired) electrons. The monoisotopic (exact) mass is 485 g/mol. The number of carbonyl (C=O) groups excluding carboxylic acids is 1. The molecule has 186 valence electrons. The van der Waals surface area contributed by atoms with Crippen LogP contribution in [-0.4, -0.2) is 52.5 Å². The fourth-order valence-electron chi connectivity index (χ4n) is 4.70. The van der Waals surface area contributed by atoms with Crippen LogP contribution in [0.3, 0.4) is 0 Å². The molecule has 36 heavy (non-hydrogen) atoms. The van der Waals surface area contributed by atoms with E-state index in [1.54, 1.807) is 13.4 Å². The first-order valence-corrected chi connectivity index (χ1v) is 12.2. The highest BCUT2D eigenvalue weighted by atomic mass is 16.6. The molecule has 0 unspecified atom stereocenters. The summed E-state index contributed by atoms with van der Waals surface area (Å²) in [6.45, 7) is 5.23. The van der Waals surface area contributed by atoms with E-state index in [0.717, 1.165) is 64.7 Å². The Morgan fingerprint density at radius 2 is 2.06 bits per heavy atom. The molecule has 3 heterocycles. The summed E-state index contributed by atoms with van der Waals surface area (Å²) in [5.74, 6) is 1.55. The molecule has 2 aliphatic heterocycles. The number of aryl methyl sites for hydroxylation is 2. The number of oxime groups is 1. The van der Waals surface area contributed by atoms with Crippen molar-refractivity contribution in [2.24, 2.45) is 5.16 Å². The number of hydrogen-bond donors (Lipinski definition) is 1. The summed E-state index contributed by atoms with van der Waals surface area (Å²) in [6, 6.07) is 13.9. The van der Waals surface area contributed by atoms with Gasteiger partial charge in [-0.05, 0) is 68.2 Å². The molecule has 2 aliphatic rings. The van der Waals surface area contributed by atoms with Crippen LogP contribution in [0, 0.1) is 13.8 Å². The smallest absolute Gasteiger partial charge is 0.226 e. The van der Waals surface area contributed by atoms with Gasteiger partial charge in [0.15, 0.2) is 5.84 Å². The molecule has 1 aromatic heterocycles. The van der Waals surface area contributed by atoms with Gasteiger partial charge < -0.3 is 24.4 Å². The van der Waals surface area contributed by atoms with Crippen LogP contribution in [0.25, 0.3) is 11.8 Å². The fourth-order valence-corrected chi connectivity index (χ4v) is 4.70. The number of amides is 1. The predicted octanol–water partition coefficient (Wildman–Crippen LogP) is 4.72. The first-order chi connectivity index (χ1) is 17.5. The number of rotatable bonds is 6. The lowest BCUT2D eigenvalue weighted by Gasteiger charge is -2.39. The number of amidine groups is 1. The summed E-state index contributed by atoms with van der Waals surface area (Å²) in [5.41, 5.74) is 5.96. The third-order valence-corrected chi connectivity index (χ3v) is 6.55. The van der Waals surface area contributed by atoms with E-state index in [1.807, 2.05) is 61.0 Å². The van der Waals surface area contributed by atoms with Crippen molar-refractivity contribution in [1.82, 2.24) is 14.5 Å². The molecule has 3 aromatic rings. The average molecular weight is 486 g/mol. The van der Waals surface area contributed by atoms with Gasteiger partial charge in [0.05, 0.1) is 37.3 Å². The van der Waals surface area contributed by atoms with E-state index in [4.69, 9.17) is 9.57 Å². The third kappa shape index (κ3) is 5.12. The van der Waals surface area contributed by atoms with Crippen molar-refractivity contribution < 1.29 is 14.4 Å². The first-order valence-electron chi connectivity index (χ1n) is 12.2. The van der Waals surface area contributed by atoms with Crippen LogP contribution < -0.4 is 10.1 Å². The van der Waals surface area contributed by atoms with Crippen LogP contribution in [0.5, 0.6) is 5.75 Å². The number of nitrogens with zero attached hydrogens (tertiary/aromatic N) is 4. The normalized spacial score (nSPS) is 18.3. The number of aromatic nitrogens is 2. The number of piperidine rings is 1. The largest absolute Gasteiger partial charge is 0.495 e. The molecule has 0 bridgehead atoms. The summed E-state index contributed by atoms with van der Waals surface area (Å²) in [7, 11) is 1.67. The van der Waals surface area contributed by atoms with Crippen molar-refractivity contribution in [3.05, 3.63) is 77.4 Å². The van der Waals surface area contributed by atoms with Crippen molar-refractivity contribution >= 4 is 23.5 Å². The Bertz CT molecular complexity index is 1310. The van der Waals surface area contributed by atoms with Crippen LogP contribution in [0.2, 0.25) is 0 Å². The van der Waals surface area contributed by atoms with Crippen LogP contribution in [-0.2, 0) is 9.63 Å². The second-order valence-corrected chi connectivity index (χ2v) is 9.30. The highest BCUT2D eigenvalue weighted by molar-refractivity contribution is 6.03. The zero-order valence-electron chi connectivity index (χ0n) is 20.9. The number of hydrogen-bond acceptors (Lipinski definition) is 6. The number of carbonyl (C=O) groups is 1. The Kier molecular flexibility index (Phi) is 6.75. The number of methoxy groups -OCH3 is 1. The van der Waals surface area contributed by atoms with Crippen molar-refractivity contribution in [2.75, 3.05) is 25.6 Å². The van der Waals surface area contributed by atoms with Crippen molar-refractivity contribution in [3.8, 4) is 11.4 Å². The maximum Gasteiger partial charge on any atom is 0.226 e. The molecular weight excluding hydrogens is 454 g/mol. The molecule has 1 N–H and O–H groups in total. The van der Waals surface area contributed by atoms with Gasteiger partial charge in [-0.25, -0.2) is 4.98 Å². The minimum Gasteiger partial charge on any atom is -0.495 e. The lowest BCUT2D eigenvalue weighted by atomic mass is 9.97. The van der Waals surface area contributed by atoms with Crippen LogP contribution in [0.1, 0.15) is 36.1 Å². The molecule has 5 rings (SSSR count). The van der Waals surface area contributed by atoms with Gasteiger partial charge in [0.2, 0.25) is 5.91 Å². The summed E-state index contributed by atoms with van der Waals surface area (Å²) < 4.78 is 7.63. The maximum atomic E-state index is 12.8. The Morgan fingerprint density at radius 3 is 2.81 bits per heavy atom. The number of anilines is 1. The van der Waals surface area contributed by atoms with Crippen LogP contribution in [0.15, 0.2) is 65.7 Å². The van der Waals surface area contributed by atoms with E-state index in [-0.39, 0.29) is 11.9 Å². The summed E-state index contributed by atoms with van der Waals surface area (Å²) in [5, 5.41) is 7.39. The molecule has 8 nitrogen and oxygen atoms in total. The summed E-state index contributed by atoms with van der Waals surface area (Å²) in [6.07, 6.45) is 8.11. The van der Waals surface area contributed by atoms with E-state index in [1.165, 1.54) is 0 Å². The Hall–Kier alpha value is -4.07. The van der Waals surface area contributed by atoms with Crippen molar-refractivity contribution in [2.45, 2.75) is 39.2 Å². The van der Waals surface area contributed by atoms with Crippen LogP contribution >= 0.6 is 0 Å². The SMILES string of the molecule is COc1cc(/C=C2\CCCN3C2=NOC[C@@H]3CC(=O)Nc2ccc(C)cc2)ccc1-n1cnc(C)c1. The first kappa shape index (κ1) is 23.7. The lowest BCUT2D eigenvalue weighted by Crippen LogP contribution is -2.50. The molecule has 1 saturated heterocycles. The van der Waals surface area contributed by atoms with Gasteiger partial charge in [-0.1, -0.05) is 28.9 Å². The Morgan fingerprint density at radius 1 is 1.22 bits per heavy atom. The minimum atomic E-state index is -0.0620. The van der Waals surface area contributed by atoms with Crippen LogP contribution in [0.4, 0.5) is 5.69 Å². The number of benzene rings is 2. The van der Waals surface area contributed by atoms with E-state index in [9.17, 15) is 4.79 Å². The van der Waals surface area contributed by atoms with E-state index < -0.39 is 0 Å². The average Bonchev–Trinajstić information content (AvgIpc) is 3.32. The molecule has 0 spiro atoms. The standard InChI is InChI=1S/C28H31N5O3/c1-19-6-9-23(10-7-19)30-27(34)15-24-17-36-31-28-22(5-4-12-33(24)28)13-21-8-11-25(26(14-21)35-3)32-16-20(2)29-18-32/h6-11,13-14,16,18,24H,4-5,12,15,17H2,1-3H3,(H,30,34)/b22-13+/t24-/m0/s1. The number of fused-ring (bicyclic) bond motifs is 1. The van der Waals surface area contributed by atoms with Crippen molar-refractivity contribution in [3.63, 3.8) is 0 Å². The topological polar surface area (TPSA) is 81.0 Å². The van der Waals surface area contributed by atoms with Gasteiger partial charge >= 0.3 is 0 Å². The molecule has 0 saturated carbocycles. The number of nitrogens with one attached hydrogen (secondary N) is 1. The molecule has 8 heteroatoms. The van der Waals surface area contributed by atoms with Gasteiger partial charge in [0, 0.05) is 18.4 Å². The highest BCUT2D eigenvalue weighted by Gasteiger charge is 2.33. The summed E-state index contributed by atoms with van der Waals surface area (Å²) >= 11 is 0. The number of imidazole rings is 1. The van der Waals surface area contributed by atoms with E-state index >= 15 is 0 Å². The Labute approximate surface area is 211 Å². The van der Waals surface area contributed by atoms with Gasteiger partial charge in [0.1, 0.15) is 12.4 Å². The quantitative estimate of drug-likeness (QED) is 0.547. The summed E-state index contributed by atoms with van der Waals surface area (Å²) in [4.78, 5) is 24.9. The van der Waals surface area contributed by atoms with Gasteiger partial charge in [0.25, 0.3) is 0 Å². The van der Waals surface area contributed by atoms with Gasteiger partial charge in [-0.15, -0.1) is 0 Å². The zero-order valence-corrected chi connectivity index (χ0v) is 20.9. The fraction of sp³-hybridized carbons (Fsp3) is 0.321. The number of ether oxygens (including phenoxy) is 1. The maximum absolute atomic E-state index is 12.8. The lowest BCUT2D eigenvalue weighted by molar-refractivity contribution is -0.117. The second kappa shape index (κ2) is 10.3. The molecular formula is C28H31N5O3. The van der Waals surface area contributed by atoms with Crippen molar-refractivity contribution in [1.29, 1.82) is 0 Å². The molecule has 2 aromatic carbocycles. The Balaban J connectivity index is 1.32. The molecule has 1 amide bonds. The molecule has 1 fully saturated rings. The van der Waals surface area contributed by atoms with E-state index in [2.05, 4.69) is 32.5 Å².